The Bertz CT molecular complexity index is 1370. The lowest BCUT2D eigenvalue weighted by molar-refractivity contribution is 0.126. The molecule has 1 N–H and O–H groups in total. The number of thioether (sulfide) groups is 1. The predicted octanol–water partition coefficient (Wildman–Crippen LogP) is 2.49. The van der Waals surface area contributed by atoms with E-state index in [1.165, 1.54) is 16.3 Å². The van der Waals surface area contributed by atoms with Crippen molar-refractivity contribution in [2.75, 3.05) is 19.2 Å². The number of allylic oxidation sites excluding steroid dienone is 1. The number of nitrogens with zero attached hydrogens (tertiary/aromatic N) is 4. The Morgan fingerprint density at radius 1 is 1.22 bits per heavy atom. The SMILES string of the molecule is C=CCn1c(=O)c2ccccc2n2c(SCC(O)COc3ccc4c(c3)OCO4)nnc12. The summed E-state index contributed by atoms with van der Waals surface area (Å²) in [5, 5.41) is 20.1. The first-order valence-corrected chi connectivity index (χ1v) is 10.9. The molecule has 164 valence electrons. The molecule has 1 unspecified atom stereocenters. The van der Waals surface area contributed by atoms with Crippen LogP contribution in [0.3, 0.4) is 0 Å². The zero-order chi connectivity index (χ0) is 22.1. The maximum Gasteiger partial charge on any atom is 0.263 e. The molecule has 0 amide bonds. The molecular formula is C22H20N4O5S. The van der Waals surface area contributed by atoms with Crippen molar-refractivity contribution in [3.05, 3.63) is 65.5 Å². The minimum atomic E-state index is -0.747. The first-order chi connectivity index (χ1) is 15.7. The van der Waals surface area contributed by atoms with Crippen LogP contribution in [0, 0.1) is 0 Å². The largest absolute Gasteiger partial charge is 0.491 e. The molecule has 4 aromatic rings. The number of aliphatic hydroxyl groups excluding tert-OH is 1. The van der Waals surface area contributed by atoms with Crippen LogP contribution in [0.1, 0.15) is 0 Å². The second-order valence-electron chi connectivity index (χ2n) is 7.13. The van der Waals surface area contributed by atoms with Crippen LogP contribution < -0.4 is 19.8 Å². The van der Waals surface area contributed by atoms with Crippen molar-refractivity contribution in [1.29, 1.82) is 0 Å². The van der Waals surface area contributed by atoms with Gasteiger partial charge in [0.05, 0.1) is 17.0 Å². The van der Waals surface area contributed by atoms with Gasteiger partial charge in [0.2, 0.25) is 12.6 Å². The maximum atomic E-state index is 12.9. The molecule has 0 spiro atoms. The molecule has 0 saturated carbocycles. The molecule has 3 heterocycles. The van der Waals surface area contributed by atoms with E-state index < -0.39 is 6.10 Å². The molecule has 0 fully saturated rings. The Morgan fingerprint density at radius 3 is 2.94 bits per heavy atom. The van der Waals surface area contributed by atoms with E-state index in [4.69, 9.17) is 14.2 Å². The van der Waals surface area contributed by atoms with Crippen LogP contribution in [0.2, 0.25) is 0 Å². The van der Waals surface area contributed by atoms with Gasteiger partial charge in [-0.3, -0.25) is 13.8 Å². The maximum absolute atomic E-state index is 12.9. The smallest absolute Gasteiger partial charge is 0.263 e. The van der Waals surface area contributed by atoms with Crippen LogP contribution in [0.5, 0.6) is 17.2 Å². The standard InChI is InChI=1S/C22H20N4O5S/c1-2-9-25-20(28)16-5-3-4-6-17(16)26-21(25)23-24-22(26)32-12-14(27)11-29-15-7-8-18-19(10-15)31-13-30-18/h2-8,10,14,27H,1,9,11-13H2. The first-order valence-electron chi connectivity index (χ1n) is 9.96. The summed E-state index contributed by atoms with van der Waals surface area (Å²) in [5.41, 5.74) is 0.570. The summed E-state index contributed by atoms with van der Waals surface area (Å²) in [4.78, 5) is 12.9. The molecule has 10 heteroatoms. The minimum absolute atomic E-state index is 0.102. The highest BCUT2D eigenvalue weighted by Gasteiger charge is 2.18. The lowest BCUT2D eigenvalue weighted by Gasteiger charge is -2.13. The van der Waals surface area contributed by atoms with E-state index in [2.05, 4.69) is 16.8 Å². The fraction of sp³-hybridized carbons (Fsp3) is 0.227. The second-order valence-corrected chi connectivity index (χ2v) is 8.12. The molecule has 0 saturated heterocycles. The van der Waals surface area contributed by atoms with Crippen LogP contribution >= 0.6 is 11.8 Å². The van der Waals surface area contributed by atoms with Gasteiger partial charge in [0, 0.05) is 18.4 Å². The normalized spacial score (nSPS) is 13.5. The van der Waals surface area contributed by atoms with Crippen molar-refractivity contribution in [2.45, 2.75) is 17.8 Å². The van der Waals surface area contributed by atoms with Crippen molar-refractivity contribution in [2.24, 2.45) is 0 Å². The van der Waals surface area contributed by atoms with Crippen LogP contribution in [0.15, 0.2) is 65.1 Å². The molecule has 32 heavy (non-hydrogen) atoms. The molecule has 9 nitrogen and oxygen atoms in total. The molecular weight excluding hydrogens is 432 g/mol. The Hall–Kier alpha value is -3.50. The van der Waals surface area contributed by atoms with E-state index in [9.17, 15) is 9.90 Å². The van der Waals surface area contributed by atoms with Crippen molar-refractivity contribution in [1.82, 2.24) is 19.2 Å². The quantitative estimate of drug-likeness (QED) is 0.322. The highest BCUT2D eigenvalue weighted by atomic mass is 32.2. The summed E-state index contributed by atoms with van der Waals surface area (Å²) >= 11 is 1.34. The lowest BCUT2D eigenvalue weighted by Crippen LogP contribution is -2.23. The zero-order valence-corrected chi connectivity index (χ0v) is 17.8. The zero-order valence-electron chi connectivity index (χ0n) is 17.0. The molecule has 2 aromatic heterocycles. The number of fused-ring (bicyclic) bond motifs is 4. The third-order valence-electron chi connectivity index (χ3n) is 4.98. The van der Waals surface area contributed by atoms with Gasteiger partial charge >= 0.3 is 0 Å². The number of hydrogen-bond donors (Lipinski definition) is 1. The van der Waals surface area contributed by atoms with Crippen LogP contribution in [-0.4, -0.2) is 49.5 Å². The van der Waals surface area contributed by atoms with E-state index in [0.29, 0.717) is 51.4 Å². The summed E-state index contributed by atoms with van der Waals surface area (Å²) < 4.78 is 19.7. The van der Waals surface area contributed by atoms with Gasteiger partial charge in [-0.05, 0) is 24.3 Å². The molecule has 0 bridgehead atoms. The second kappa shape index (κ2) is 8.56. The number of hydrogen-bond acceptors (Lipinski definition) is 8. The Kier molecular flexibility index (Phi) is 5.46. The van der Waals surface area contributed by atoms with Gasteiger partial charge in [-0.1, -0.05) is 30.0 Å². The molecule has 1 atom stereocenters. The van der Waals surface area contributed by atoms with E-state index in [1.807, 2.05) is 22.6 Å². The van der Waals surface area contributed by atoms with Gasteiger partial charge in [-0.2, -0.15) is 0 Å². The third kappa shape index (κ3) is 3.67. The van der Waals surface area contributed by atoms with Gasteiger partial charge in [-0.25, -0.2) is 0 Å². The number of aromatic nitrogens is 4. The average molecular weight is 452 g/mol. The van der Waals surface area contributed by atoms with Gasteiger partial charge < -0.3 is 19.3 Å². The van der Waals surface area contributed by atoms with Crippen molar-refractivity contribution < 1.29 is 19.3 Å². The number of para-hydroxylation sites is 1. The molecule has 0 radical (unpaired) electrons. The summed E-state index contributed by atoms with van der Waals surface area (Å²) in [7, 11) is 0. The molecule has 5 rings (SSSR count). The van der Waals surface area contributed by atoms with E-state index in [1.54, 1.807) is 30.3 Å². The summed E-state index contributed by atoms with van der Waals surface area (Å²) in [6, 6.07) is 12.6. The summed E-state index contributed by atoms with van der Waals surface area (Å²) in [5.74, 6) is 2.65. The van der Waals surface area contributed by atoms with Crippen LogP contribution in [0.4, 0.5) is 0 Å². The average Bonchev–Trinajstić information content (AvgIpc) is 3.45. The van der Waals surface area contributed by atoms with E-state index in [-0.39, 0.29) is 19.0 Å². The number of ether oxygens (including phenoxy) is 3. The summed E-state index contributed by atoms with van der Waals surface area (Å²) in [6.07, 6.45) is 0.901. The van der Waals surface area contributed by atoms with E-state index in [0.717, 1.165) is 0 Å². The molecule has 1 aliphatic heterocycles. The molecule has 2 aromatic carbocycles. The highest BCUT2D eigenvalue weighted by molar-refractivity contribution is 7.99. The minimum Gasteiger partial charge on any atom is -0.491 e. The fourth-order valence-corrected chi connectivity index (χ4v) is 4.34. The first kappa shape index (κ1) is 20.4. The van der Waals surface area contributed by atoms with Crippen molar-refractivity contribution >= 4 is 28.4 Å². The number of aliphatic hydroxyl groups is 1. The highest BCUT2D eigenvalue weighted by Crippen LogP contribution is 2.35. The fourth-order valence-electron chi connectivity index (χ4n) is 3.50. The Labute approximate surface area is 186 Å². The summed E-state index contributed by atoms with van der Waals surface area (Å²) in [6.45, 7) is 4.35. The monoisotopic (exact) mass is 452 g/mol. The molecule has 1 aliphatic rings. The predicted molar refractivity (Wildman–Crippen MR) is 120 cm³/mol. The van der Waals surface area contributed by atoms with Gasteiger partial charge in [0.1, 0.15) is 12.4 Å². The topological polar surface area (TPSA) is 100 Å². The van der Waals surface area contributed by atoms with Crippen LogP contribution in [0.25, 0.3) is 16.7 Å². The van der Waals surface area contributed by atoms with Crippen molar-refractivity contribution in [3.8, 4) is 17.2 Å². The number of rotatable bonds is 8. The van der Waals surface area contributed by atoms with Crippen LogP contribution in [-0.2, 0) is 6.54 Å². The molecule has 0 aliphatic carbocycles. The van der Waals surface area contributed by atoms with Gasteiger partial charge in [0.25, 0.3) is 5.56 Å². The van der Waals surface area contributed by atoms with Crippen molar-refractivity contribution in [3.63, 3.8) is 0 Å². The third-order valence-corrected chi connectivity index (χ3v) is 6.05. The van der Waals surface area contributed by atoms with E-state index >= 15 is 0 Å². The van der Waals surface area contributed by atoms with Gasteiger partial charge in [-0.15, -0.1) is 16.8 Å². The lowest BCUT2D eigenvalue weighted by atomic mass is 10.2. The number of benzene rings is 2. The Balaban J connectivity index is 1.34. The Morgan fingerprint density at radius 2 is 2.06 bits per heavy atom. The van der Waals surface area contributed by atoms with Gasteiger partial charge in [0.15, 0.2) is 16.7 Å².